The second kappa shape index (κ2) is 11.9. The maximum Gasteiger partial charge on any atom is 0.252 e. The second-order valence-corrected chi connectivity index (χ2v) is 7.10. The maximum absolute atomic E-state index is 13.1. The quantitative estimate of drug-likeness (QED) is 0.581. The zero-order chi connectivity index (χ0) is 22.8. The number of carbonyl (C=O) groups excluding carboxylic acids is 3. The lowest BCUT2D eigenvalue weighted by atomic mass is 10.2. The summed E-state index contributed by atoms with van der Waals surface area (Å²) in [6.07, 6.45) is 0.678. The summed E-state index contributed by atoms with van der Waals surface area (Å²) in [6, 6.07) is 10.4. The zero-order valence-corrected chi connectivity index (χ0v) is 18.2. The number of para-hydroxylation sites is 2. The van der Waals surface area contributed by atoms with Crippen LogP contribution in [0.2, 0.25) is 5.02 Å². The van der Waals surface area contributed by atoms with Gasteiger partial charge in [0.15, 0.2) is 0 Å². The van der Waals surface area contributed by atoms with Gasteiger partial charge in [-0.25, -0.2) is 4.39 Å². The maximum atomic E-state index is 13.1. The summed E-state index contributed by atoms with van der Waals surface area (Å²) in [5, 5.41) is 5.31. The third kappa shape index (κ3) is 7.25. The third-order valence-electron chi connectivity index (χ3n) is 4.36. The fourth-order valence-corrected chi connectivity index (χ4v) is 3.14. The van der Waals surface area contributed by atoms with Gasteiger partial charge in [-0.2, -0.15) is 0 Å². The van der Waals surface area contributed by atoms with Crippen molar-refractivity contribution >= 4 is 35.0 Å². The molecule has 9 heteroatoms. The molecule has 31 heavy (non-hydrogen) atoms. The van der Waals surface area contributed by atoms with E-state index in [1.165, 1.54) is 18.1 Å². The molecule has 0 bridgehead atoms. The van der Waals surface area contributed by atoms with Gasteiger partial charge in [-0.15, -0.1) is 0 Å². The number of nitrogens with zero attached hydrogens (tertiary/aromatic N) is 1. The van der Waals surface area contributed by atoms with Crippen molar-refractivity contribution in [1.82, 2.24) is 10.2 Å². The molecular formula is C22H25ClFN3O4. The number of halogens is 2. The molecular weight excluding hydrogens is 425 g/mol. The fourth-order valence-electron chi connectivity index (χ4n) is 2.88. The Morgan fingerprint density at radius 1 is 1.16 bits per heavy atom. The minimum atomic E-state index is -0.543. The molecule has 2 rings (SSSR count). The van der Waals surface area contributed by atoms with Gasteiger partial charge < -0.3 is 20.3 Å². The van der Waals surface area contributed by atoms with Crippen molar-refractivity contribution in [2.24, 2.45) is 0 Å². The highest BCUT2D eigenvalue weighted by molar-refractivity contribution is 6.33. The zero-order valence-electron chi connectivity index (χ0n) is 17.4. The molecule has 0 saturated carbocycles. The van der Waals surface area contributed by atoms with Crippen LogP contribution in [0.25, 0.3) is 0 Å². The molecule has 2 aromatic carbocycles. The number of benzene rings is 2. The summed E-state index contributed by atoms with van der Waals surface area (Å²) in [5.41, 5.74) is 0.638. The molecule has 0 aromatic heterocycles. The van der Waals surface area contributed by atoms with Crippen LogP contribution in [0.3, 0.4) is 0 Å². The number of nitrogens with one attached hydrogen (secondary N) is 2. The molecule has 2 aromatic rings. The van der Waals surface area contributed by atoms with E-state index in [2.05, 4.69) is 10.6 Å². The minimum Gasteiger partial charge on any atom is -0.495 e. The van der Waals surface area contributed by atoms with E-state index in [1.807, 2.05) is 6.92 Å². The normalized spacial score (nSPS) is 10.3. The van der Waals surface area contributed by atoms with Gasteiger partial charge in [-0.3, -0.25) is 14.4 Å². The number of carbonyl (C=O) groups is 3. The molecule has 0 heterocycles. The lowest BCUT2D eigenvalue weighted by Crippen LogP contribution is -2.40. The van der Waals surface area contributed by atoms with Crippen molar-refractivity contribution < 1.29 is 23.5 Å². The van der Waals surface area contributed by atoms with Gasteiger partial charge in [0.1, 0.15) is 11.6 Å². The molecule has 7 nitrogen and oxygen atoms in total. The lowest BCUT2D eigenvalue weighted by molar-refractivity contribution is -0.134. The highest BCUT2D eigenvalue weighted by Gasteiger charge is 2.18. The highest BCUT2D eigenvalue weighted by Crippen LogP contribution is 2.23. The van der Waals surface area contributed by atoms with Crippen LogP contribution < -0.4 is 15.4 Å². The van der Waals surface area contributed by atoms with Crippen molar-refractivity contribution in [1.29, 1.82) is 0 Å². The summed E-state index contributed by atoms with van der Waals surface area (Å²) in [6.45, 7) is 2.23. The van der Waals surface area contributed by atoms with Gasteiger partial charge in [0.25, 0.3) is 5.91 Å². The Morgan fingerprint density at radius 2 is 1.90 bits per heavy atom. The predicted octanol–water partition coefficient (Wildman–Crippen LogP) is 3.48. The van der Waals surface area contributed by atoms with E-state index < -0.39 is 11.7 Å². The summed E-state index contributed by atoms with van der Waals surface area (Å²) in [4.78, 5) is 38.6. The first kappa shape index (κ1) is 24.1. The van der Waals surface area contributed by atoms with Crippen LogP contribution >= 0.6 is 11.6 Å². The minimum absolute atomic E-state index is 0.00644. The van der Waals surface area contributed by atoms with Gasteiger partial charge in [0.05, 0.1) is 29.9 Å². The Bertz CT molecular complexity index is 939. The topological polar surface area (TPSA) is 87.7 Å². The van der Waals surface area contributed by atoms with Crippen LogP contribution in [0, 0.1) is 5.82 Å². The summed E-state index contributed by atoms with van der Waals surface area (Å²) in [7, 11) is 1.51. The van der Waals surface area contributed by atoms with Crippen LogP contribution in [-0.2, 0) is 9.59 Å². The van der Waals surface area contributed by atoms with Crippen LogP contribution in [0.1, 0.15) is 30.1 Å². The smallest absolute Gasteiger partial charge is 0.252 e. The van der Waals surface area contributed by atoms with E-state index in [4.69, 9.17) is 16.3 Å². The van der Waals surface area contributed by atoms with Crippen LogP contribution in [0.4, 0.5) is 10.1 Å². The first-order valence-electron chi connectivity index (χ1n) is 9.79. The van der Waals surface area contributed by atoms with Gasteiger partial charge in [-0.05, 0) is 36.8 Å². The predicted molar refractivity (Wildman–Crippen MR) is 117 cm³/mol. The van der Waals surface area contributed by atoms with E-state index in [9.17, 15) is 18.8 Å². The largest absolute Gasteiger partial charge is 0.495 e. The molecule has 0 aliphatic rings. The van der Waals surface area contributed by atoms with E-state index >= 15 is 0 Å². The van der Waals surface area contributed by atoms with E-state index in [-0.39, 0.29) is 41.9 Å². The first-order valence-corrected chi connectivity index (χ1v) is 10.2. The molecule has 0 fully saturated rings. The van der Waals surface area contributed by atoms with E-state index in [0.29, 0.717) is 24.4 Å². The molecule has 0 unspecified atom stereocenters. The summed E-state index contributed by atoms with van der Waals surface area (Å²) >= 11 is 5.87. The Kier molecular flexibility index (Phi) is 9.27. The van der Waals surface area contributed by atoms with Crippen LogP contribution in [-0.4, -0.2) is 49.4 Å². The Balaban J connectivity index is 1.89. The molecule has 3 amide bonds. The molecule has 0 saturated heterocycles. The molecule has 0 spiro atoms. The number of amides is 3. The summed E-state index contributed by atoms with van der Waals surface area (Å²) < 4.78 is 18.3. The SMILES string of the molecule is CCCN(CC(=O)Nc1ccccc1OC)C(=O)CCNC(=O)c1ccc(F)cc1Cl. The number of hydrogen-bond donors (Lipinski definition) is 2. The molecule has 2 N–H and O–H groups in total. The van der Waals surface area contributed by atoms with Gasteiger partial charge in [-0.1, -0.05) is 30.7 Å². The first-order chi connectivity index (χ1) is 14.8. The number of hydrogen-bond acceptors (Lipinski definition) is 4. The average Bonchev–Trinajstić information content (AvgIpc) is 2.73. The monoisotopic (exact) mass is 449 g/mol. The van der Waals surface area contributed by atoms with Gasteiger partial charge >= 0.3 is 0 Å². The fraction of sp³-hybridized carbons (Fsp3) is 0.318. The molecule has 0 aliphatic carbocycles. The van der Waals surface area contributed by atoms with E-state index in [1.54, 1.807) is 24.3 Å². The molecule has 0 radical (unpaired) electrons. The number of anilines is 1. The van der Waals surface area contributed by atoms with E-state index in [0.717, 1.165) is 12.1 Å². The average molecular weight is 450 g/mol. The lowest BCUT2D eigenvalue weighted by Gasteiger charge is -2.22. The van der Waals surface area contributed by atoms with Gasteiger partial charge in [0, 0.05) is 19.5 Å². The Labute approximate surface area is 185 Å². The third-order valence-corrected chi connectivity index (χ3v) is 4.67. The van der Waals surface area contributed by atoms with Crippen molar-refractivity contribution in [2.75, 3.05) is 32.1 Å². The number of rotatable bonds is 10. The van der Waals surface area contributed by atoms with Crippen molar-refractivity contribution in [3.63, 3.8) is 0 Å². The molecule has 0 atom stereocenters. The standard InChI is InChI=1S/C22H25ClFN3O4/c1-3-12-27(14-20(28)26-18-6-4-5-7-19(18)31-2)21(29)10-11-25-22(30)16-9-8-15(24)13-17(16)23/h4-9,13H,3,10-12,14H2,1-2H3,(H,25,30)(H,26,28). The summed E-state index contributed by atoms with van der Waals surface area (Å²) in [5.74, 6) is -1.16. The highest BCUT2D eigenvalue weighted by atomic mass is 35.5. The molecule has 0 aliphatic heterocycles. The molecule has 166 valence electrons. The number of methoxy groups -OCH3 is 1. The Hall–Kier alpha value is -3.13. The van der Waals surface area contributed by atoms with Crippen molar-refractivity contribution in [3.05, 3.63) is 58.9 Å². The van der Waals surface area contributed by atoms with Crippen LogP contribution in [0.15, 0.2) is 42.5 Å². The van der Waals surface area contributed by atoms with Crippen molar-refractivity contribution in [2.45, 2.75) is 19.8 Å². The van der Waals surface area contributed by atoms with Gasteiger partial charge in [0.2, 0.25) is 11.8 Å². The van der Waals surface area contributed by atoms with Crippen molar-refractivity contribution in [3.8, 4) is 5.75 Å². The Morgan fingerprint density at radius 3 is 2.58 bits per heavy atom. The number of ether oxygens (including phenoxy) is 1. The second-order valence-electron chi connectivity index (χ2n) is 6.69. The van der Waals surface area contributed by atoms with Crippen LogP contribution in [0.5, 0.6) is 5.75 Å².